The molecule has 0 heterocycles. The molecule has 3 N–H and O–H groups in total. The van der Waals surface area contributed by atoms with Gasteiger partial charge in [-0.05, 0) is 18.1 Å². The van der Waals surface area contributed by atoms with E-state index in [1.807, 2.05) is 13.8 Å². The second kappa shape index (κ2) is 8.36. The first-order valence-corrected chi connectivity index (χ1v) is 6.96. The predicted molar refractivity (Wildman–Crippen MR) is 78.5 cm³/mol. The van der Waals surface area contributed by atoms with Gasteiger partial charge in [-0.25, -0.2) is 4.39 Å². The van der Waals surface area contributed by atoms with Gasteiger partial charge in [-0.3, -0.25) is 9.59 Å². The molecule has 1 rings (SSSR count). The number of carboxylic acid groups (broad SMARTS) is 1. The van der Waals surface area contributed by atoms with E-state index in [-0.39, 0.29) is 30.5 Å². The van der Waals surface area contributed by atoms with Crippen LogP contribution in [0.5, 0.6) is 0 Å². The molecule has 0 aliphatic carbocycles. The van der Waals surface area contributed by atoms with Crippen molar-refractivity contribution in [2.75, 3.05) is 11.9 Å². The minimum absolute atomic E-state index is 0.0304. The Morgan fingerprint density at radius 1 is 1.33 bits per heavy atom. The van der Waals surface area contributed by atoms with E-state index < -0.39 is 17.8 Å². The van der Waals surface area contributed by atoms with Crippen LogP contribution < -0.4 is 10.6 Å². The number of aliphatic carboxylic acids is 1. The summed E-state index contributed by atoms with van der Waals surface area (Å²) in [6.45, 7) is 3.97. The fourth-order valence-corrected chi connectivity index (χ4v) is 1.88. The van der Waals surface area contributed by atoms with Crippen LogP contribution in [-0.2, 0) is 9.59 Å². The van der Waals surface area contributed by atoms with Crippen LogP contribution in [0.3, 0.4) is 0 Å². The second-order valence-electron chi connectivity index (χ2n) is 4.93. The van der Waals surface area contributed by atoms with Gasteiger partial charge in [0.25, 0.3) is 0 Å². The number of carbonyl (C=O) groups excluding carboxylic acids is 1. The van der Waals surface area contributed by atoms with Crippen molar-refractivity contribution in [3.8, 4) is 0 Å². The van der Waals surface area contributed by atoms with Crippen molar-refractivity contribution in [1.29, 1.82) is 0 Å². The smallest absolute Gasteiger partial charge is 0.320 e. The average Bonchev–Trinajstić information content (AvgIpc) is 2.45. The van der Waals surface area contributed by atoms with Gasteiger partial charge in [-0.15, -0.1) is 0 Å². The molecule has 6 heteroatoms. The highest BCUT2D eigenvalue weighted by Gasteiger charge is 2.22. The van der Waals surface area contributed by atoms with Crippen molar-refractivity contribution in [3.05, 3.63) is 30.1 Å². The van der Waals surface area contributed by atoms with Crippen LogP contribution in [0.4, 0.5) is 10.1 Å². The molecule has 0 saturated carbocycles. The highest BCUT2D eigenvalue weighted by Crippen LogP contribution is 2.12. The van der Waals surface area contributed by atoms with Crippen molar-refractivity contribution < 1.29 is 19.1 Å². The third kappa shape index (κ3) is 5.51. The van der Waals surface area contributed by atoms with Crippen LogP contribution in [0.2, 0.25) is 0 Å². The fourth-order valence-electron chi connectivity index (χ4n) is 1.88. The lowest BCUT2D eigenvalue weighted by atomic mass is 9.99. The lowest BCUT2D eigenvalue weighted by Crippen LogP contribution is -2.42. The number of nitrogens with one attached hydrogen (secondary N) is 2. The topological polar surface area (TPSA) is 78.4 Å². The van der Waals surface area contributed by atoms with E-state index in [0.717, 1.165) is 6.42 Å². The van der Waals surface area contributed by atoms with Gasteiger partial charge in [0.05, 0.1) is 5.69 Å². The Morgan fingerprint density at radius 3 is 2.57 bits per heavy atom. The second-order valence-corrected chi connectivity index (χ2v) is 4.93. The maximum atomic E-state index is 13.3. The number of benzene rings is 1. The van der Waals surface area contributed by atoms with Crippen molar-refractivity contribution >= 4 is 17.6 Å². The molecule has 1 aromatic rings. The first-order chi connectivity index (χ1) is 9.95. The largest absolute Gasteiger partial charge is 0.480 e. The van der Waals surface area contributed by atoms with Crippen LogP contribution in [0.15, 0.2) is 24.3 Å². The lowest BCUT2D eigenvalue weighted by Gasteiger charge is -2.20. The van der Waals surface area contributed by atoms with Crippen molar-refractivity contribution in [3.63, 3.8) is 0 Å². The van der Waals surface area contributed by atoms with Gasteiger partial charge in [0.2, 0.25) is 5.91 Å². The summed E-state index contributed by atoms with van der Waals surface area (Å²) < 4.78 is 13.3. The Hall–Kier alpha value is -1.95. The van der Waals surface area contributed by atoms with Gasteiger partial charge in [-0.2, -0.15) is 0 Å². The number of anilines is 1. The van der Waals surface area contributed by atoms with Gasteiger partial charge in [0.15, 0.2) is 0 Å². The molecule has 0 spiro atoms. The minimum atomic E-state index is -0.932. The van der Waals surface area contributed by atoms with Gasteiger partial charge in [0, 0.05) is 13.0 Å². The van der Waals surface area contributed by atoms with E-state index in [2.05, 4.69) is 10.6 Å². The lowest BCUT2D eigenvalue weighted by molar-refractivity contribution is -0.141. The number of halogens is 1. The molecule has 21 heavy (non-hydrogen) atoms. The van der Waals surface area contributed by atoms with E-state index in [9.17, 15) is 14.0 Å². The Labute approximate surface area is 123 Å². The SMILES string of the molecule is CC[C@H](C)[C@H](NCCC(=O)Nc1ccccc1F)C(=O)O. The molecule has 0 bridgehead atoms. The Bertz CT molecular complexity index is 494. The first kappa shape index (κ1) is 17.1. The van der Waals surface area contributed by atoms with E-state index in [1.54, 1.807) is 6.07 Å². The van der Waals surface area contributed by atoms with Crippen LogP contribution in [-0.4, -0.2) is 29.6 Å². The summed E-state index contributed by atoms with van der Waals surface area (Å²) in [5, 5.41) is 14.4. The van der Waals surface area contributed by atoms with Gasteiger partial charge in [0.1, 0.15) is 11.9 Å². The monoisotopic (exact) mass is 296 g/mol. The average molecular weight is 296 g/mol. The van der Waals surface area contributed by atoms with Crippen molar-refractivity contribution in [2.24, 2.45) is 5.92 Å². The van der Waals surface area contributed by atoms with E-state index in [4.69, 9.17) is 5.11 Å². The molecule has 0 radical (unpaired) electrons. The number of carboxylic acids is 1. The number of para-hydroxylation sites is 1. The van der Waals surface area contributed by atoms with Crippen molar-refractivity contribution in [2.45, 2.75) is 32.7 Å². The maximum absolute atomic E-state index is 13.3. The number of rotatable bonds is 8. The molecule has 0 fully saturated rings. The minimum Gasteiger partial charge on any atom is -0.480 e. The number of hydrogen-bond donors (Lipinski definition) is 3. The van der Waals surface area contributed by atoms with Crippen LogP contribution in [0, 0.1) is 11.7 Å². The van der Waals surface area contributed by atoms with Gasteiger partial charge < -0.3 is 15.7 Å². The molecule has 0 saturated heterocycles. The molecular weight excluding hydrogens is 275 g/mol. The summed E-state index contributed by atoms with van der Waals surface area (Å²) in [7, 11) is 0. The molecule has 1 aromatic carbocycles. The summed E-state index contributed by atoms with van der Waals surface area (Å²) in [4.78, 5) is 22.8. The first-order valence-electron chi connectivity index (χ1n) is 6.96. The summed E-state index contributed by atoms with van der Waals surface area (Å²) in [6.07, 6.45) is 0.805. The molecule has 5 nitrogen and oxygen atoms in total. The number of hydrogen-bond acceptors (Lipinski definition) is 3. The third-order valence-corrected chi connectivity index (χ3v) is 3.34. The Balaban J connectivity index is 2.43. The van der Waals surface area contributed by atoms with Crippen LogP contribution >= 0.6 is 0 Å². The summed E-state index contributed by atoms with van der Waals surface area (Å²) in [6, 6.07) is 5.21. The van der Waals surface area contributed by atoms with Gasteiger partial charge >= 0.3 is 5.97 Å². The molecule has 0 unspecified atom stereocenters. The standard InChI is InChI=1S/C15H21FN2O3/c1-3-10(2)14(15(20)21)17-9-8-13(19)18-12-7-5-4-6-11(12)16/h4-7,10,14,17H,3,8-9H2,1-2H3,(H,18,19)(H,20,21)/t10-,14-/m0/s1. The number of amides is 1. The van der Waals surface area contributed by atoms with Gasteiger partial charge in [-0.1, -0.05) is 32.4 Å². The molecule has 1 amide bonds. The quantitative estimate of drug-likeness (QED) is 0.687. The molecule has 0 aliphatic heterocycles. The third-order valence-electron chi connectivity index (χ3n) is 3.34. The maximum Gasteiger partial charge on any atom is 0.320 e. The normalized spacial score (nSPS) is 13.5. The summed E-state index contributed by atoms with van der Waals surface area (Å²) in [5.74, 6) is -1.82. The Kier molecular flexibility index (Phi) is 6.81. The molecular formula is C15H21FN2O3. The fraction of sp³-hybridized carbons (Fsp3) is 0.467. The zero-order chi connectivity index (χ0) is 15.8. The van der Waals surface area contributed by atoms with E-state index in [0.29, 0.717) is 0 Å². The van der Waals surface area contributed by atoms with E-state index >= 15 is 0 Å². The summed E-state index contributed by atoms with van der Waals surface area (Å²) >= 11 is 0. The molecule has 0 aromatic heterocycles. The van der Waals surface area contributed by atoms with Crippen LogP contribution in [0.1, 0.15) is 26.7 Å². The van der Waals surface area contributed by atoms with Crippen LogP contribution in [0.25, 0.3) is 0 Å². The highest BCUT2D eigenvalue weighted by atomic mass is 19.1. The van der Waals surface area contributed by atoms with Crippen molar-refractivity contribution in [1.82, 2.24) is 5.32 Å². The molecule has 2 atom stereocenters. The highest BCUT2D eigenvalue weighted by molar-refractivity contribution is 5.90. The summed E-state index contributed by atoms with van der Waals surface area (Å²) in [5.41, 5.74) is 0.124. The zero-order valence-electron chi connectivity index (χ0n) is 12.2. The van der Waals surface area contributed by atoms with E-state index in [1.165, 1.54) is 18.2 Å². The molecule has 0 aliphatic rings. The predicted octanol–water partition coefficient (Wildman–Crippen LogP) is 2.24. The molecule has 116 valence electrons. The number of carbonyl (C=O) groups is 2. The Morgan fingerprint density at radius 2 is 2.00 bits per heavy atom. The zero-order valence-corrected chi connectivity index (χ0v) is 12.2.